The highest BCUT2D eigenvalue weighted by atomic mass is 15.2. The van der Waals surface area contributed by atoms with Gasteiger partial charge in [0.05, 0.1) is 0 Å². The Kier molecular flexibility index (Phi) is 6.86. The Morgan fingerprint density at radius 2 is 2.00 bits per heavy atom. The van der Waals surface area contributed by atoms with Crippen molar-refractivity contribution in [2.45, 2.75) is 52.6 Å². The second-order valence-corrected chi connectivity index (χ2v) is 5.15. The van der Waals surface area contributed by atoms with Crippen molar-refractivity contribution in [1.82, 2.24) is 10.2 Å². The van der Waals surface area contributed by atoms with Crippen LogP contribution in [0.2, 0.25) is 0 Å². The average molecular weight is 212 g/mol. The van der Waals surface area contributed by atoms with E-state index < -0.39 is 0 Å². The predicted octanol–water partition coefficient (Wildman–Crippen LogP) is 2.66. The van der Waals surface area contributed by atoms with Crippen molar-refractivity contribution in [1.29, 1.82) is 0 Å². The Balaban J connectivity index is 4.01. The van der Waals surface area contributed by atoms with Crippen LogP contribution in [0.1, 0.15) is 41.0 Å². The summed E-state index contributed by atoms with van der Waals surface area (Å²) in [6, 6.07) is 0.602. The fourth-order valence-corrected chi connectivity index (χ4v) is 1.66. The molecular weight excluding hydrogens is 184 g/mol. The van der Waals surface area contributed by atoms with Gasteiger partial charge in [0.15, 0.2) is 0 Å². The van der Waals surface area contributed by atoms with E-state index in [0.29, 0.717) is 6.04 Å². The molecule has 0 rings (SSSR count). The third-order valence-corrected chi connectivity index (χ3v) is 2.68. The maximum atomic E-state index is 3.82. The van der Waals surface area contributed by atoms with Crippen LogP contribution in [0.4, 0.5) is 0 Å². The standard InChI is InChI=1S/C13H28N2/c1-7-10-15(13(4,5)6)11-9-12(3)14-8-2/h7,12,14H,1,8-11H2,2-6H3. The molecule has 0 spiro atoms. The van der Waals surface area contributed by atoms with E-state index >= 15 is 0 Å². The van der Waals surface area contributed by atoms with E-state index in [9.17, 15) is 0 Å². The molecule has 0 aromatic rings. The van der Waals surface area contributed by atoms with Crippen LogP contribution in [-0.4, -0.2) is 36.1 Å². The lowest BCUT2D eigenvalue weighted by Crippen LogP contribution is -2.43. The summed E-state index contributed by atoms with van der Waals surface area (Å²) in [7, 11) is 0. The van der Waals surface area contributed by atoms with Crippen molar-refractivity contribution in [3.63, 3.8) is 0 Å². The number of nitrogens with one attached hydrogen (secondary N) is 1. The summed E-state index contributed by atoms with van der Waals surface area (Å²) in [5, 5.41) is 3.44. The lowest BCUT2D eigenvalue weighted by atomic mass is 10.0. The summed E-state index contributed by atoms with van der Waals surface area (Å²) in [4.78, 5) is 2.47. The molecule has 1 N–H and O–H groups in total. The third-order valence-electron chi connectivity index (χ3n) is 2.68. The van der Waals surface area contributed by atoms with Crippen molar-refractivity contribution in [2.75, 3.05) is 19.6 Å². The lowest BCUT2D eigenvalue weighted by molar-refractivity contribution is 0.147. The van der Waals surface area contributed by atoms with Crippen molar-refractivity contribution in [2.24, 2.45) is 0 Å². The molecule has 0 amide bonds. The Bertz CT molecular complexity index is 170. The molecule has 0 saturated carbocycles. The van der Waals surface area contributed by atoms with E-state index in [0.717, 1.165) is 19.6 Å². The summed E-state index contributed by atoms with van der Waals surface area (Å²) in [6.45, 7) is 18.2. The summed E-state index contributed by atoms with van der Waals surface area (Å²) in [5.41, 5.74) is 0.236. The van der Waals surface area contributed by atoms with Crippen LogP contribution in [0.3, 0.4) is 0 Å². The maximum Gasteiger partial charge on any atom is 0.0165 e. The van der Waals surface area contributed by atoms with Crippen LogP contribution in [0.5, 0.6) is 0 Å². The molecule has 0 heterocycles. The Hall–Kier alpha value is -0.340. The second kappa shape index (κ2) is 7.02. The first-order valence-electron chi connectivity index (χ1n) is 6.01. The molecule has 0 aliphatic heterocycles. The molecule has 15 heavy (non-hydrogen) atoms. The van der Waals surface area contributed by atoms with Gasteiger partial charge in [-0.2, -0.15) is 0 Å². The second-order valence-electron chi connectivity index (χ2n) is 5.15. The quantitative estimate of drug-likeness (QED) is 0.653. The molecule has 0 aliphatic carbocycles. The molecule has 0 saturated heterocycles. The van der Waals surface area contributed by atoms with Gasteiger partial charge >= 0.3 is 0 Å². The summed E-state index contributed by atoms with van der Waals surface area (Å²) in [5.74, 6) is 0. The summed E-state index contributed by atoms with van der Waals surface area (Å²) >= 11 is 0. The molecule has 0 aromatic carbocycles. The van der Waals surface area contributed by atoms with Gasteiger partial charge in [-0.25, -0.2) is 0 Å². The third kappa shape index (κ3) is 6.69. The van der Waals surface area contributed by atoms with Crippen LogP contribution in [0.15, 0.2) is 12.7 Å². The van der Waals surface area contributed by atoms with Crippen molar-refractivity contribution < 1.29 is 0 Å². The molecule has 2 nitrogen and oxygen atoms in total. The zero-order chi connectivity index (χ0) is 11.9. The fraction of sp³-hybridized carbons (Fsp3) is 0.846. The molecule has 0 fully saturated rings. The number of hydrogen-bond acceptors (Lipinski definition) is 2. The van der Waals surface area contributed by atoms with E-state index in [4.69, 9.17) is 0 Å². The molecule has 0 bridgehead atoms. The monoisotopic (exact) mass is 212 g/mol. The first-order valence-corrected chi connectivity index (χ1v) is 6.01. The van der Waals surface area contributed by atoms with Gasteiger partial charge < -0.3 is 5.32 Å². The number of rotatable bonds is 7. The van der Waals surface area contributed by atoms with Gasteiger partial charge in [0, 0.05) is 24.7 Å². The van der Waals surface area contributed by atoms with E-state index in [1.165, 1.54) is 6.42 Å². The van der Waals surface area contributed by atoms with Gasteiger partial charge in [-0.3, -0.25) is 4.90 Å². The van der Waals surface area contributed by atoms with Gasteiger partial charge in [0.25, 0.3) is 0 Å². The lowest BCUT2D eigenvalue weighted by Gasteiger charge is -2.35. The molecule has 0 aromatic heterocycles. The minimum absolute atomic E-state index is 0.236. The fourth-order valence-electron chi connectivity index (χ4n) is 1.66. The van der Waals surface area contributed by atoms with Crippen LogP contribution in [0, 0.1) is 0 Å². The minimum atomic E-state index is 0.236. The van der Waals surface area contributed by atoms with Crippen LogP contribution in [-0.2, 0) is 0 Å². The van der Waals surface area contributed by atoms with Gasteiger partial charge in [-0.1, -0.05) is 13.0 Å². The van der Waals surface area contributed by atoms with Crippen molar-refractivity contribution >= 4 is 0 Å². The van der Waals surface area contributed by atoms with Crippen LogP contribution in [0.25, 0.3) is 0 Å². The zero-order valence-corrected chi connectivity index (χ0v) is 11.1. The van der Waals surface area contributed by atoms with E-state index in [-0.39, 0.29) is 5.54 Å². The highest BCUT2D eigenvalue weighted by Gasteiger charge is 2.19. The SMILES string of the molecule is C=CCN(CCC(C)NCC)C(C)(C)C. The zero-order valence-electron chi connectivity index (χ0n) is 11.1. The van der Waals surface area contributed by atoms with Gasteiger partial charge in [-0.15, -0.1) is 6.58 Å². The molecule has 1 unspecified atom stereocenters. The van der Waals surface area contributed by atoms with E-state index in [2.05, 4.69) is 51.4 Å². The maximum absolute atomic E-state index is 3.82. The first-order chi connectivity index (χ1) is 6.91. The molecule has 2 heteroatoms. The molecule has 90 valence electrons. The Morgan fingerprint density at radius 1 is 1.40 bits per heavy atom. The van der Waals surface area contributed by atoms with Crippen molar-refractivity contribution in [3.8, 4) is 0 Å². The Labute approximate surface area is 95.7 Å². The normalized spacial score (nSPS) is 14.3. The largest absolute Gasteiger partial charge is 0.314 e. The highest BCUT2D eigenvalue weighted by Crippen LogP contribution is 2.13. The highest BCUT2D eigenvalue weighted by molar-refractivity contribution is 4.83. The van der Waals surface area contributed by atoms with E-state index in [1.54, 1.807) is 0 Å². The topological polar surface area (TPSA) is 15.3 Å². The molecule has 1 atom stereocenters. The minimum Gasteiger partial charge on any atom is -0.314 e. The molecular formula is C13H28N2. The molecule has 0 aliphatic rings. The number of hydrogen-bond donors (Lipinski definition) is 1. The van der Waals surface area contributed by atoms with Crippen molar-refractivity contribution in [3.05, 3.63) is 12.7 Å². The predicted molar refractivity (Wildman–Crippen MR) is 69.3 cm³/mol. The first kappa shape index (κ1) is 14.7. The van der Waals surface area contributed by atoms with Gasteiger partial charge in [-0.05, 0) is 40.7 Å². The van der Waals surface area contributed by atoms with Gasteiger partial charge in [0.1, 0.15) is 0 Å². The number of nitrogens with zero attached hydrogens (tertiary/aromatic N) is 1. The average Bonchev–Trinajstić information content (AvgIpc) is 2.10. The summed E-state index contributed by atoms with van der Waals surface area (Å²) in [6.07, 6.45) is 3.18. The van der Waals surface area contributed by atoms with Gasteiger partial charge in [0.2, 0.25) is 0 Å². The van der Waals surface area contributed by atoms with E-state index in [1.807, 2.05) is 6.08 Å². The Morgan fingerprint density at radius 3 is 2.40 bits per heavy atom. The van der Waals surface area contributed by atoms with Crippen LogP contribution < -0.4 is 5.32 Å². The summed E-state index contributed by atoms with van der Waals surface area (Å²) < 4.78 is 0. The molecule has 0 radical (unpaired) electrons. The van der Waals surface area contributed by atoms with Crippen LogP contribution >= 0.6 is 0 Å². The smallest absolute Gasteiger partial charge is 0.0165 e.